The third-order valence-corrected chi connectivity index (χ3v) is 2.86. The fraction of sp³-hybridized carbons (Fsp3) is 0.167. The molecule has 0 unspecified atom stereocenters. The molecule has 0 atom stereocenters. The molecule has 0 amide bonds. The van der Waals surface area contributed by atoms with Crippen LogP contribution in [-0.2, 0) is 0 Å². The van der Waals surface area contributed by atoms with Crippen molar-refractivity contribution in [3.05, 3.63) is 45.6 Å². The van der Waals surface area contributed by atoms with Crippen LogP contribution < -0.4 is 4.74 Å². The van der Waals surface area contributed by atoms with E-state index < -0.39 is 5.82 Å². The number of halogens is 3. The van der Waals surface area contributed by atoms with Crippen LogP contribution in [0.3, 0.4) is 0 Å². The molecule has 2 rings (SSSR count). The monoisotopic (exact) mass is 286 g/mol. The molecular weight excluding hydrogens is 278 g/mol. The third kappa shape index (κ3) is 2.71. The average Bonchev–Trinajstić information content (AvgIpc) is 2.29. The first-order valence-corrected chi connectivity index (χ1v) is 5.86. The van der Waals surface area contributed by atoms with Gasteiger partial charge in [-0.05, 0) is 32.0 Å². The van der Waals surface area contributed by atoms with Crippen LogP contribution in [0.1, 0.15) is 11.4 Å². The van der Waals surface area contributed by atoms with E-state index in [1.807, 2.05) is 0 Å². The Morgan fingerprint density at radius 1 is 1.17 bits per heavy atom. The van der Waals surface area contributed by atoms with E-state index in [1.165, 1.54) is 18.2 Å². The van der Waals surface area contributed by atoms with Gasteiger partial charge in [-0.2, -0.15) is 4.98 Å². The molecular formula is C12H9Cl2FN2O. The topological polar surface area (TPSA) is 35.0 Å². The lowest BCUT2D eigenvalue weighted by molar-refractivity contribution is 0.422. The Balaban J connectivity index is 2.40. The van der Waals surface area contributed by atoms with Crippen molar-refractivity contribution in [2.24, 2.45) is 0 Å². The van der Waals surface area contributed by atoms with Crippen LogP contribution in [0.15, 0.2) is 18.2 Å². The predicted molar refractivity (Wildman–Crippen MR) is 68.0 cm³/mol. The summed E-state index contributed by atoms with van der Waals surface area (Å²) in [6.07, 6.45) is 0. The molecule has 1 aromatic carbocycles. The van der Waals surface area contributed by atoms with Crippen molar-refractivity contribution in [1.29, 1.82) is 0 Å². The van der Waals surface area contributed by atoms with Gasteiger partial charge in [0.1, 0.15) is 11.0 Å². The summed E-state index contributed by atoms with van der Waals surface area (Å²) in [6.45, 7) is 3.38. The highest BCUT2D eigenvalue weighted by molar-refractivity contribution is 6.30. The first-order chi connectivity index (χ1) is 8.47. The molecule has 0 aliphatic heterocycles. The zero-order valence-electron chi connectivity index (χ0n) is 9.67. The van der Waals surface area contributed by atoms with E-state index >= 15 is 0 Å². The summed E-state index contributed by atoms with van der Waals surface area (Å²) in [7, 11) is 0. The van der Waals surface area contributed by atoms with Gasteiger partial charge in [0.2, 0.25) is 5.88 Å². The largest absolute Gasteiger partial charge is 0.435 e. The third-order valence-electron chi connectivity index (χ3n) is 2.25. The maximum atomic E-state index is 13.6. The predicted octanol–water partition coefficient (Wildman–Crippen LogP) is 4.33. The van der Waals surface area contributed by atoms with Crippen LogP contribution >= 0.6 is 23.2 Å². The molecule has 18 heavy (non-hydrogen) atoms. The Hall–Kier alpha value is -1.39. The second-order valence-electron chi connectivity index (χ2n) is 3.67. The zero-order valence-corrected chi connectivity index (χ0v) is 11.2. The highest BCUT2D eigenvalue weighted by Gasteiger charge is 2.12. The Morgan fingerprint density at radius 3 is 2.56 bits per heavy atom. The first kappa shape index (κ1) is 13.1. The Kier molecular flexibility index (Phi) is 3.68. The minimum atomic E-state index is -0.561. The quantitative estimate of drug-likeness (QED) is 0.771. The minimum Gasteiger partial charge on any atom is -0.435 e. The van der Waals surface area contributed by atoms with Crippen molar-refractivity contribution in [3.8, 4) is 11.6 Å². The number of ether oxygens (including phenoxy) is 1. The van der Waals surface area contributed by atoms with Gasteiger partial charge in [0.05, 0.1) is 0 Å². The molecule has 0 bridgehead atoms. The SMILES string of the molecule is Cc1nc(Cl)c(C)c(Oc2ccc(Cl)cc2F)n1. The summed E-state index contributed by atoms with van der Waals surface area (Å²) in [5.41, 5.74) is 0.552. The number of hydrogen-bond acceptors (Lipinski definition) is 3. The van der Waals surface area contributed by atoms with Crippen LogP contribution in [0.4, 0.5) is 4.39 Å². The summed E-state index contributed by atoms with van der Waals surface area (Å²) >= 11 is 11.6. The molecule has 0 aliphatic rings. The zero-order chi connectivity index (χ0) is 13.3. The molecule has 0 N–H and O–H groups in total. The molecule has 3 nitrogen and oxygen atoms in total. The maximum Gasteiger partial charge on any atom is 0.227 e. The summed E-state index contributed by atoms with van der Waals surface area (Å²) in [6, 6.07) is 4.13. The van der Waals surface area contributed by atoms with Crippen LogP contribution in [0.2, 0.25) is 10.2 Å². The maximum absolute atomic E-state index is 13.6. The van der Waals surface area contributed by atoms with E-state index in [4.69, 9.17) is 27.9 Å². The molecule has 0 aliphatic carbocycles. The second-order valence-corrected chi connectivity index (χ2v) is 4.46. The number of aromatic nitrogens is 2. The number of rotatable bonds is 2. The summed E-state index contributed by atoms with van der Waals surface area (Å²) in [4.78, 5) is 8.05. The molecule has 0 saturated heterocycles. The molecule has 0 saturated carbocycles. The standard InChI is InChI=1S/C12H9Cl2FN2O/c1-6-11(14)16-7(2)17-12(6)18-10-4-3-8(13)5-9(10)15/h3-5H,1-2H3. The lowest BCUT2D eigenvalue weighted by atomic mass is 10.3. The van der Waals surface area contributed by atoms with Crippen molar-refractivity contribution >= 4 is 23.2 Å². The summed E-state index contributed by atoms with van der Waals surface area (Å²) < 4.78 is 19.0. The molecule has 6 heteroatoms. The van der Waals surface area contributed by atoms with E-state index in [2.05, 4.69) is 9.97 Å². The fourth-order valence-corrected chi connectivity index (χ4v) is 1.69. The molecule has 0 fully saturated rings. The van der Waals surface area contributed by atoms with Crippen LogP contribution in [0.5, 0.6) is 11.6 Å². The summed E-state index contributed by atoms with van der Waals surface area (Å²) in [5, 5.41) is 0.584. The Labute approximate surface area is 114 Å². The van der Waals surface area contributed by atoms with Gasteiger partial charge in [-0.1, -0.05) is 23.2 Å². The second kappa shape index (κ2) is 5.08. The van der Waals surface area contributed by atoms with Crippen molar-refractivity contribution in [3.63, 3.8) is 0 Å². The highest BCUT2D eigenvalue weighted by Crippen LogP contribution is 2.29. The molecule has 94 valence electrons. The number of hydrogen-bond donors (Lipinski definition) is 0. The van der Waals surface area contributed by atoms with Gasteiger partial charge in [-0.3, -0.25) is 0 Å². The van der Waals surface area contributed by atoms with Gasteiger partial charge in [0.15, 0.2) is 11.6 Å². The van der Waals surface area contributed by atoms with E-state index in [1.54, 1.807) is 13.8 Å². The minimum absolute atomic E-state index is 0.0386. The Morgan fingerprint density at radius 2 is 1.89 bits per heavy atom. The van der Waals surface area contributed by atoms with Gasteiger partial charge in [0, 0.05) is 10.6 Å². The lowest BCUT2D eigenvalue weighted by Crippen LogP contribution is -1.98. The van der Waals surface area contributed by atoms with Crippen molar-refractivity contribution in [2.75, 3.05) is 0 Å². The number of nitrogens with zero attached hydrogens (tertiary/aromatic N) is 2. The lowest BCUT2D eigenvalue weighted by Gasteiger charge is -2.09. The molecule has 1 heterocycles. The molecule has 0 radical (unpaired) electrons. The van der Waals surface area contributed by atoms with Crippen LogP contribution in [0, 0.1) is 19.7 Å². The molecule has 1 aromatic heterocycles. The van der Waals surface area contributed by atoms with Crippen molar-refractivity contribution < 1.29 is 9.13 Å². The smallest absolute Gasteiger partial charge is 0.227 e. The normalized spacial score (nSPS) is 10.5. The van der Waals surface area contributed by atoms with Crippen LogP contribution in [0.25, 0.3) is 0 Å². The highest BCUT2D eigenvalue weighted by atomic mass is 35.5. The first-order valence-electron chi connectivity index (χ1n) is 5.11. The average molecular weight is 287 g/mol. The number of aryl methyl sites for hydroxylation is 1. The van der Waals surface area contributed by atoms with Gasteiger partial charge in [-0.25, -0.2) is 9.37 Å². The van der Waals surface area contributed by atoms with E-state index in [-0.39, 0.29) is 16.8 Å². The summed E-state index contributed by atoms with van der Waals surface area (Å²) in [5.74, 6) is 0.162. The van der Waals surface area contributed by atoms with Gasteiger partial charge in [0.25, 0.3) is 0 Å². The Bertz CT molecular complexity index is 605. The fourth-order valence-electron chi connectivity index (χ4n) is 1.33. The van der Waals surface area contributed by atoms with Crippen LogP contribution in [-0.4, -0.2) is 9.97 Å². The molecule has 2 aromatic rings. The van der Waals surface area contributed by atoms with Crippen molar-refractivity contribution in [1.82, 2.24) is 9.97 Å². The van der Waals surface area contributed by atoms with E-state index in [0.717, 1.165) is 0 Å². The van der Waals surface area contributed by atoms with E-state index in [0.29, 0.717) is 16.4 Å². The molecule has 0 spiro atoms. The van der Waals surface area contributed by atoms with E-state index in [9.17, 15) is 4.39 Å². The van der Waals surface area contributed by atoms with Gasteiger partial charge in [-0.15, -0.1) is 0 Å². The number of benzene rings is 1. The van der Waals surface area contributed by atoms with Crippen molar-refractivity contribution in [2.45, 2.75) is 13.8 Å². The van der Waals surface area contributed by atoms with Gasteiger partial charge < -0.3 is 4.74 Å². The van der Waals surface area contributed by atoms with Gasteiger partial charge >= 0.3 is 0 Å².